The van der Waals surface area contributed by atoms with Crippen molar-refractivity contribution in [3.8, 4) is 5.75 Å². The van der Waals surface area contributed by atoms with E-state index in [-0.39, 0.29) is 22.8 Å². The van der Waals surface area contributed by atoms with E-state index in [9.17, 15) is 14.4 Å². The molecule has 0 unspecified atom stereocenters. The molecule has 0 aliphatic carbocycles. The second kappa shape index (κ2) is 11.4. The Kier molecular flexibility index (Phi) is 8.08. The Balaban J connectivity index is 1.50. The van der Waals surface area contributed by atoms with E-state index in [1.54, 1.807) is 20.8 Å². The van der Waals surface area contributed by atoms with Crippen LogP contribution >= 0.6 is 23.1 Å². The predicted molar refractivity (Wildman–Crippen MR) is 133 cm³/mol. The molecule has 1 amide bonds. The fourth-order valence-corrected chi connectivity index (χ4v) is 5.43. The first-order chi connectivity index (χ1) is 16.6. The molecule has 1 aliphatic heterocycles. The van der Waals surface area contributed by atoms with E-state index in [1.807, 2.05) is 47.2 Å². The molecule has 0 atom stereocenters. The fraction of sp³-hybridized carbons (Fsp3) is 0.320. The molecule has 0 spiro atoms. The minimum atomic E-state index is -0.548. The van der Waals surface area contributed by atoms with E-state index >= 15 is 0 Å². The molecule has 0 saturated carbocycles. The van der Waals surface area contributed by atoms with Crippen molar-refractivity contribution in [1.29, 1.82) is 0 Å². The summed E-state index contributed by atoms with van der Waals surface area (Å²) in [6.45, 7) is 1.47. The van der Waals surface area contributed by atoms with Crippen LogP contribution in [0.5, 0.6) is 5.75 Å². The number of hydrogen-bond acceptors (Lipinski definition) is 7. The minimum absolute atomic E-state index is 0.00145. The lowest BCUT2D eigenvalue weighted by Gasteiger charge is -2.19. The average Bonchev–Trinajstić information content (AvgIpc) is 3.27. The molecule has 9 heteroatoms. The first-order valence-corrected chi connectivity index (χ1v) is 12.9. The van der Waals surface area contributed by atoms with Crippen LogP contribution in [-0.4, -0.2) is 53.9 Å². The van der Waals surface area contributed by atoms with Crippen molar-refractivity contribution in [2.75, 3.05) is 32.6 Å². The number of carbonyl (C=O) groups excluding carboxylic acids is 2. The van der Waals surface area contributed by atoms with Gasteiger partial charge in [-0.15, -0.1) is 11.8 Å². The highest BCUT2D eigenvalue weighted by atomic mass is 32.2. The molecule has 1 aromatic carbocycles. The molecule has 0 N–H and O–H groups in total. The fourth-order valence-electron chi connectivity index (χ4n) is 3.90. The lowest BCUT2D eigenvalue weighted by atomic mass is 10.1. The molecule has 0 fully saturated rings. The summed E-state index contributed by atoms with van der Waals surface area (Å²) >= 11 is 3.09. The largest absolute Gasteiger partial charge is 0.492 e. The number of nitrogens with zero attached hydrogens (tertiary/aromatic N) is 2. The van der Waals surface area contributed by atoms with Crippen LogP contribution < -0.4 is 10.3 Å². The Labute approximate surface area is 206 Å². The lowest BCUT2D eigenvalue weighted by Crippen LogP contribution is -2.35. The van der Waals surface area contributed by atoms with Gasteiger partial charge in [-0.05, 0) is 34.5 Å². The number of fused-ring (bicyclic) bond motifs is 1. The summed E-state index contributed by atoms with van der Waals surface area (Å²) in [6.07, 6.45) is 1.03. The zero-order chi connectivity index (χ0) is 23.9. The number of hydrogen-bond donors (Lipinski definition) is 0. The van der Waals surface area contributed by atoms with Crippen molar-refractivity contribution in [2.24, 2.45) is 0 Å². The third-order valence-electron chi connectivity index (χ3n) is 5.67. The number of methoxy groups -OCH3 is 1. The van der Waals surface area contributed by atoms with Crippen molar-refractivity contribution in [3.05, 3.63) is 80.4 Å². The summed E-state index contributed by atoms with van der Waals surface area (Å²) in [4.78, 5) is 41.2. The number of thioether (sulfide) groups is 1. The Morgan fingerprint density at radius 1 is 1.12 bits per heavy atom. The number of carbonyl (C=O) groups is 2. The number of amides is 1. The summed E-state index contributed by atoms with van der Waals surface area (Å²) in [5.41, 5.74) is 1.70. The van der Waals surface area contributed by atoms with E-state index in [2.05, 4.69) is 0 Å². The summed E-state index contributed by atoms with van der Waals surface area (Å²) in [5, 5.41) is 4.04. The molecule has 7 nitrogen and oxygen atoms in total. The second-order valence-electron chi connectivity index (χ2n) is 7.77. The highest BCUT2D eigenvalue weighted by Gasteiger charge is 2.27. The first kappa shape index (κ1) is 24.1. The van der Waals surface area contributed by atoms with Gasteiger partial charge >= 0.3 is 5.97 Å². The molecule has 2 aromatic heterocycles. The maximum Gasteiger partial charge on any atom is 0.343 e. The molecule has 1 aliphatic rings. The Hall–Kier alpha value is -3.04. The Bertz CT molecular complexity index is 1190. The number of benzene rings is 1. The van der Waals surface area contributed by atoms with Gasteiger partial charge in [-0.2, -0.15) is 11.3 Å². The second-order valence-corrected chi connectivity index (χ2v) is 9.60. The molecule has 0 radical (unpaired) electrons. The number of rotatable bonds is 8. The topological polar surface area (TPSA) is 77.8 Å². The average molecular weight is 499 g/mol. The SMILES string of the molecule is COC(=O)c1c(OCCc2ccsc2)cc(=O)n2c1CCN(C(=O)CSc1ccccc1)CC2. The zero-order valence-electron chi connectivity index (χ0n) is 18.9. The molecule has 4 rings (SSSR count). The zero-order valence-corrected chi connectivity index (χ0v) is 20.5. The van der Waals surface area contributed by atoms with Gasteiger partial charge in [-0.1, -0.05) is 18.2 Å². The maximum atomic E-state index is 12.9. The van der Waals surface area contributed by atoms with Crippen LogP contribution in [0.3, 0.4) is 0 Å². The van der Waals surface area contributed by atoms with Gasteiger partial charge in [0.1, 0.15) is 11.3 Å². The molecule has 178 valence electrons. The third-order valence-corrected chi connectivity index (χ3v) is 7.40. The van der Waals surface area contributed by atoms with Crippen LogP contribution in [0.25, 0.3) is 0 Å². The van der Waals surface area contributed by atoms with E-state index < -0.39 is 5.97 Å². The van der Waals surface area contributed by atoms with Crippen molar-refractivity contribution in [1.82, 2.24) is 9.47 Å². The molecule has 0 saturated heterocycles. The molecular formula is C25H26N2O5S2. The van der Waals surface area contributed by atoms with E-state index in [0.29, 0.717) is 50.5 Å². The van der Waals surface area contributed by atoms with Crippen LogP contribution in [-0.2, 0) is 28.9 Å². The van der Waals surface area contributed by atoms with Gasteiger partial charge in [0.15, 0.2) is 0 Å². The number of aromatic nitrogens is 1. The Morgan fingerprint density at radius 3 is 2.68 bits per heavy atom. The number of ether oxygens (including phenoxy) is 2. The van der Waals surface area contributed by atoms with Crippen LogP contribution in [0.15, 0.2) is 62.9 Å². The number of esters is 1. The standard InChI is InChI=1S/C25H26N2O5S2/c1-31-25(30)24-20-7-10-26(23(29)17-34-19-5-3-2-4-6-19)11-12-27(20)22(28)15-21(24)32-13-8-18-9-14-33-16-18/h2-6,9,14-16H,7-8,10-13,17H2,1H3. The van der Waals surface area contributed by atoms with Crippen molar-refractivity contribution >= 4 is 35.0 Å². The first-order valence-electron chi connectivity index (χ1n) is 11.0. The van der Waals surface area contributed by atoms with E-state index in [4.69, 9.17) is 9.47 Å². The van der Waals surface area contributed by atoms with Gasteiger partial charge in [0.2, 0.25) is 5.91 Å². The van der Waals surface area contributed by atoms with Gasteiger partial charge in [0, 0.05) is 49.1 Å². The molecule has 3 aromatic rings. The molecule has 34 heavy (non-hydrogen) atoms. The van der Waals surface area contributed by atoms with Crippen LogP contribution in [0, 0.1) is 0 Å². The predicted octanol–water partition coefficient (Wildman–Crippen LogP) is 3.49. The summed E-state index contributed by atoms with van der Waals surface area (Å²) < 4.78 is 12.5. The van der Waals surface area contributed by atoms with Gasteiger partial charge in [-0.25, -0.2) is 4.79 Å². The molecular weight excluding hydrogens is 472 g/mol. The number of pyridine rings is 1. The van der Waals surface area contributed by atoms with Crippen LogP contribution in [0.4, 0.5) is 0 Å². The minimum Gasteiger partial charge on any atom is -0.492 e. The molecule has 3 heterocycles. The quantitative estimate of drug-likeness (QED) is 0.350. The van der Waals surface area contributed by atoms with E-state index in [0.717, 1.165) is 10.5 Å². The summed E-state index contributed by atoms with van der Waals surface area (Å²) in [5.74, 6) is 0.00349. The highest BCUT2D eigenvalue weighted by Crippen LogP contribution is 2.25. The van der Waals surface area contributed by atoms with Gasteiger partial charge in [0.25, 0.3) is 5.56 Å². The smallest absolute Gasteiger partial charge is 0.343 e. The maximum absolute atomic E-state index is 12.9. The van der Waals surface area contributed by atoms with Gasteiger partial charge < -0.3 is 18.9 Å². The monoisotopic (exact) mass is 498 g/mol. The number of thiophene rings is 1. The summed E-state index contributed by atoms with van der Waals surface area (Å²) in [6, 6.07) is 13.1. The van der Waals surface area contributed by atoms with Crippen molar-refractivity contribution < 1.29 is 19.1 Å². The highest BCUT2D eigenvalue weighted by molar-refractivity contribution is 8.00. The van der Waals surface area contributed by atoms with Crippen LogP contribution in [0.1, 0.15) is 21.6 Å². The normalized spacial score (nSPS) is 13.1. The van der Waals surface area contributed by atoms with Gasteiger partial charge in [0.05, 0.1) is 19.5 Å². The van der Waals surface area contributed by atoms with Crippen molar-refractivity contribution in [3.63, 3.8) is 0 Å². The third kappa shape index (κ3) is 5.71. The molecule has 0 bridgehead atoms. The van der Waals surface area contributed by atoms with Gasteiger partial charge in [-0.3, -0.25) is 9.59 Å². The lowest BCUT2D eigenvalue weighted by molar-refractivity contribution is -0.128. The van der Waals surface area contributed by atoms with Crippen molar-refractivity contribution in [2.45, 2.75) is 24.3 Å². The van der Waals surface area contributed by atoms with Crippen LogP contribution in [0.2, 0.25) is 0 Å². The summed E-state index contributed by atoms with van der Waals surface area (Å²) in [7, 11) is 1.31. The Morgan fingerprint density at radius 2 is 1.94 bits per heavy atom. The van der Waals surface area contributed by atoms with E-state index in [1.165, 1.54) is 24.9 Å².